The van der Waals surface area contributed by atoms with Crippen LogP contribution in [0.1, 0.15) is 0 Å². The fraction of sp³-hybridized carbons (Fsp3) is 0. The summed E-state index contributed by atoms with van der Waals surface area (Å²) < 4.78 is 9.22. The van der Waals surface area contributed by atoms with E-state index in [1.807, 2.05) is 47.7 Å². The molecule has 8 aromatic carbocycles. The lowest BCUT2D eigenvalue weighted by Gasteiger charge is -2.09. The number of benzene rings is 8. The van der Waals surface area contributed by atoms with E-state index in [4.69, 9.17) is 19.4 Å². The minimum Gasteiger partial charge on any atom is -0.456 e. The zero-order chi connectivity index (χ0) is 37.0. The van der Waals surface area contributed by atoms with E-state index in [0.717, 1.165) is 49.8 Å². The van der Waals surface area contributed by atoms with E-state index in [0.29, 0.717) is 17.5 Å². The van der Waals surface area contributed by atoms with Crippen LogP contribution in [0, 0.1) is 0 Å². The molecule has 3 heterocycles. The molecule has 56 heavy (non-hydrogen) atoms. The maximum absolute atomic E-state index is 6.64. The molecule has 0 bridgehead atoms. The van der Waals surface area contributed by atoms with E-state index < -0.39 is 0 Å². The normalized spacial score (nSPS) is 11.6. The number of rotatable bonds is 6. The SMILES string of the molecule is c1ccc(-c2ccc(-c3nc(-c4ccccc4)nc(-c4ccc5c(c4)oc4cc(-c6cccc7c6sc6c(-c8ccccc8)cccc67)ccc45)n3)cc2)cc1. The van der Waals surface area contributed by atoms with Crippen molar-refractivity contribution in [2.45, 2.75) is 0 Å². The largest absolute Gasteiger partial charge is 0.456 e. The lowest BCUT2D eigenvalue weighted by molar-refractivity contribution is 0.669. The Kier molecular flexibility index (Phi) is 7.64. The van der Waals surface area contributed by atoms with Crippen molar-refractivity contribution in [1.29, 1.82) is 0 Å². The van der Waals surface area contributed by atoms with Crippen molar-refractivity contribution in [2.75, 3.05) is 0 Å². The Bertz CT molecular complexity index is 3230. The van der Waals surface area contributed by atoms with Gasteiger partial charge in [0, 0.05) is 47.6 Å². The predicted octanol–water partition coefficient (Wildman–Crippen LogP) is 14.1. The zero-order valence-electron chi connectivity index (χ0n) is 30.1. The lowest BCUT2D eigenvalue weighted by atomic mass is 9.99. The van der Waals surface area contributed by atoms with Gasteiger partial charge in [0.05, 0.1) is 0 Å². The molecule has 11 aromatic rings. The van der Waals surface area contributed by atoms with E-state index in [1.54, 1.807) is 0 Å². The van der Waals surface area contributed by atoms with Crippen molar-refractivity contribution in [3.05, 3.63) is 188 Å². The van der Waals surface area contributed by atoms with E-state index in [2.05, 4.69) is 152 Å². The van der Waals surface area contributed by atoms with Gasteiger partial charge in [0.15, 0.2) is 17.5 Å². The van der Waals surface area contributed by atoms with Crippen molar-refractivity contribution >= 4 is 53.4 Å². The molecular formula is C51H31N3OS. The average Bonchev–Trinajstić information content (AvgIpc) is 3.85. The predicted molar refractivity (Wildman–Crippen MR) is 233 cm³/mol. The van der Waals surface area contributed by atoms with Gasteiger partial charge in [-0.3, -0.25) is 0 Å². The molecule has 262 valence electrons. The summed E-state index contributed by atoms with van der Waals surface area (Å²) >= 11 is 1.86. The topological polar surface area (TPSA) is 51.8 Å². The standard InChI is InChI=1S/C51H31N3OS/c1-4-12-32(13-5-1)33-22-24-36(25-23-33)50-52-49(35-16-8-3-9-17-35)53-51(54-50)38-27-29-42-41-28-26-37(30-45(41)55-46(42)31-38)40-19-11-21-44-43-20-10-18-39(47(43)56-48(40)44)34-14-6-2-7-15-34/h1-31H. The van der Waals surface area contributed by atoms with Crippen LogP contribution >= 0.6 is 11.3 Å². The van der Waals surface area contributed by atoms with Crippen LogP contribution in [0.15, 0.2) is 192 Å². The monoisotopic (exact) mass is 733 g/mol. The number of hydrogen-bond donors (Lipinski definition) is 0. The number of hydrogen-bond acceptors (Lipinski definition) is 5. The van der Waals surface area contributed by atoms with Gasteiger partial charge in [0.2, 0.25) is 0 Å². The van der Waals surface area contributed by atoms with E-state index in [-0.39, 0.29) is 0 Å². The van der Waals surface area contributed by atoms with Crippen LogP contribution in [0.3, 0.4) is 0 Å². The molecule has 0 spiro atoms. The number of nitrogens with zero attached hydrogens (tertiary/aromatic N) is 3. The molecule has 0 aliphatic rings. The molecule has 5 heteroatoms. The van der Waals surface area contributed by atoms with Gasteiger partial charge in [0.25, 0.3) is 0 Å². The van der Waals surface area contributed by atoms with Gasteiger partial charge in [-0.1, -0.05) is 164 Å². The second kappa shape index (κ2) is 13.3. The molecule has 0 saturated carbocycles. The van der Waals surface area contributed by atoms with Gasteiger partial charge in [-0.15, -0.1) is 11.3 Å². The molecule has 0 atom stereocenters. The quantitative estimate of drug-likeness (QED) is 0.171. The average molecular weight is 734 g/mol. The van der Waals surface area contributed by atoms with E-state index >= 15 is 0 Å². The van der Waals surface area contributed by atoms with Gasteiger partial charge >= 0.3 is 0 Å². The van der Waals surface area contributed by atoms with Crippen molar-refractivity contribution in [2.24, 2.45) is 0 Å². The first-order valence-electron chi connectivity index (χ1n) is 18.7. The molecule has 3 aromatic heterocycles. The highest BCUT2D eigenvalue weighted by Gasteiger charge is 2.17. The summed E-state index contributed by atoms with van der Waals surface area (Å²) in [4.78, 5) is 15.0. The molecule has 0 radical (unpaired) electrons. The summed E-state index contributed by atoms with van der Waals surface area (Å²) in [5.74, 6) is 1.84. The molecule has 0 amide bonds. The summed E-state index contributed by atoms with van der Waals surface area (Å²) in [5.41, 5.74) is 11.5. The number of aromatic nitrogens is 3. The maximum Gasteiger partial charge on any atom is 0.164 e. The second-order valence-electron chi connectivity index (χ2n) is 14.0. The van der Waals surface area contributed by atoms with Gasteiger partial charge < -0.3 is 4.42 Å². The summed E-state index contributed by atoms with van der Waals surface area (Å²) in [6.45, 7) is 0. The Balaban J connectivity index is 0.996. The highest BCUT2D eigenvalue weighted by molar-refractivity contribution is 7.26. The molecule has 0 saturated heterocycles. The molecule has 0 aliphatic heterocycles. The second-order valence-corrected chi connectivity index (χ2v) is 15.0. The van der Waals surface area contributed by atoms with Crippen molar-refractivity contribution in [1.82, 2.24) is 15.0 Å². The first-order chi connectivity index (χ1) is 27.7. The first-order valence-corrected chi connectivity index (χ1v) is 19.5. The highest BCUT2D eigenvalue weighted by atomic mass is 32.1. The number of fused-ring (bicyclic) bond motifs is 6. The summed E-state index contributed by atoms with van der Waals surface area (Å²) in [6, 6.07) is 65.6. The van der Waals surface area contributed by atoms with Crippen LogP contribution in [-0.2, 0) is 0 Å². The fourth-order valence-corrected chi connectivity index (χ4v) is 9.14. The molecule has 4 nitrogen and oxygen atoms in total. The van der Waals surface area contributed by atoms with Crippen LogP contribution in [0.25, 0.3) is 110 Å². The Morgan fingerprint density at radius 3 is 1.30 bits per heavy atom. The summed E-state index contributed by atoms with van der Waals surface area (Å²) in [7, 11) is 0. The molecule has 0 unspecified atom stereocenters. The van der Waals surface area contributed by atoms with Crippen molar-refractivity contribution in [3.63, 3.8) is 0 Å². The first kappa shape index (κ1) is 32.2. The van der Waals surface area contributed by atoms with Gasteiger partial charge in [-0.2, -0.15) is 0 Å². The number of thiophene rings is 1. The van der Waals surface area contributed by atoms with Crippen LogP contribution < -0.4 is 0 Å². The Morgan fingerprint density at radius 2 is 0.714 bits per heavy atom. The minimum atomic E-state index is 0.593. The summed E-state index contributed by atoms with van der Waals surface area (Å²) in [6.07, 6.45) is 0. The van der Waals surface area contributed by atoms with Crippen molar-refractivity contribution in [3.8, 4) is 67.5 Å². The van der Waals surface area contributed by atoms with Crippen LogP contribution in [0.5, 0.6) is 0 Å². The van der Waals surface area contributed by atoms with Crippen LogP contribution in [0.2, 0.25) is 0 Å². The van der Waals surface area contributed by atoms with Gasteiger partial charge in [-0.25, -0.2) is 15.0 Å². The van der Waals surface area contributed by atoms with E-state index in [1.165, 1.54) is 42.4 Å². The molecular weight excluding hydrogens is 703 g/mol. The van der Waals surface area contributed by atoms with Crippen molar-refractivity contribution < 1.29 is 4.42 Å². The third kappa shape index (κ3) is 5.56. The molecule has 0 N–H and O–H groups in total. The minimum absolute atomic E-state index is 0.593. The zero-order valence-corrected chi connectivity index (χ0v) is 30.9. The number of furan rings is 1. The van der Waals surface area contributed by atoms with E-state index in [9.17, 15) is 0 Å². The third-order valence-electron chi connectivity index (χ3n) is 10.6. The highest BCUT2D eigenvalue weighted by Crippen LogP contribution is 2.44. The Labute approximate surface area is 327 Å². The molecule has 11 rings (SSSR count). The van der Waals surface area contributed by atoms with Crippen LogP contribution in [-0.4, -0.2) is 15.0 Å². The Hall–Kier alpha value is -7.21. The smallest absolute Gasteiger partial charge is 0.164 e. The Morgan fingerprint density at radius 1 is 0.304 bits per heavy atom. The van der Waals surface area contributed by atoms with Gasteiger partial charge in [-0.05, 0) is 57.6 Å². The van der Waals surface area contributed by atoms with Gasteiger partial charge in [0.1, 0.15) is 11.2 Å². The van der Waals surface area contributed by atoms with Crippen LogP contribution in [0.4, 0.5) is 0 Å². The lowest BCUT2D eigenvalue weighted by Crippen LogP contribution is -2.00. The molecule has 0 aliphatic carbocycles. The maximum atomic E-state index is 6.64. The third-order valence-corrected chi connectivity index (χ3v) is 11.9. The molecule has 0 fully saturated rings. The summed E-state index contributed by atoms with van der Waals surface area (Å²) in [5, 5.41) is 4.68. The fourth-order valence-electron chi connectivity index (χ4n) is 7.77.